The van der Waals surface area contributed by atoms with Crippen LogP contribution in [0.5, 0.6) is 5.75 Å². The number of halogens is 2. The van der Waals surface area contributed by atoms with Gasteiger partial charge in [0.2, 0.25) is 0 Å². The van der Waals surface area contributed by atoms with Crippen molar-refractivity contribution in [1.82, 2.24) is 4.90 Å². The third-order valence-electron chi connectivity index (χ3n) is 3.91. The van der Waals surface area contributed by atoms with Crippen LogP contribution >= 0.6 is 0 Å². The van der Waals surface area contributed by atoms with Crippen LogP contribution in [0.2, 0.25) is 0 Å². The summed E-state index contributed by atoms with van der Waals surface area (Å²) in [4.78, 5) is 13.1. The largest absolute Gasteiger partial charge is 0.487 e. The normalized spacial score (nSPS) is 16.7. The number of hydrogen-bond donors (Lipinski definition) is 1. The van der Waals surface area contributed by atoms with Gasteiger partial charge in [0, 0.05) is 19.2 Å². The van der Waals surface area contributed by atoms with Crippen LogP contribution < -0.4 is 4.74 Å². The molecule has 6 heteroatoms. The molecule has 1 N–H and O–H groups in total. The number of ether oxygens (including phenoxy) is 1. The van der Waals surface area contributed by atoms with Gasteiger partial charge in [-0.25, -0.2) is 13.6 Å². The maximum Gasteiger partial charge on any atom is 0.338 e. The number of benzene rings is 1. The van der Waals surface area contributed by atoms with Crippen molar-refractivity contribution in [3.05, 3.63) is 29.3 Å². The summed E-state index contributed by atoms with van der Waals surface area (Å²) in [6.07, 6.45) is 3.65. The highest BCUT2D eigenvalue weighted by Gasteiger charge is 2.23. The minimum Gasteiger partial charge on any atom is -0.487 e. The van der Waals surface area contributed by atoms with E-state index in [1.165, 1.54) is 0 Å². The minimum atomic E-state index is -1.49. The Balaban J connectivity index is 1.95. The lowest BCUT2D eigenvalue weighted by molar-refractivity contribution is 0.0690. The first kappa shape index (κ1) is 16.7. The monoisotopic (exact) mass is 313 g/mol. The van der Waals surface area contributed by atoms with E-state index in [0.29, 0.717) is 6.07 Å². The van der Waals surface area contributed by atoms with Crippen molar-refractivity contribution in [2.24, 2.45) is 0 Å². The second-order valence-corrected chi connectivity index (χ2v) is 5.58. The molecule has 1 heterocycles. The standard InChI is InChI=1S/C16H21F2NO3/c1-2-3-6-19-7-4-11(5-8-19)22-15-10-13(17)12(16(20)21)9-14(15)18/h9-11H,2-8H2,1H3,(H,20,21). The Morgan fingerprint density at radius 3 is 2.59 bits per heavy atom. The average molecular weight is 313 g/mol. The molecule has 22 heavy (non-hydrogen) atoms. The molecule has 0 amide bonds. The van der Waals surface area contributed by atoms with Crippen LogP contribution in [0.1, 0.15) is 43.0 Å². The number of nitrogens with zero attached hydrogens (tertiary/aromatic N) is 1. The van der Waals surface area contributed by atoms with E-state index in [4.69, 9.17) is 9.84 Å². The molecule has 0 aliphatic carbocycles. The lowest BCUT2D eigenvalue weighted by Gasteiger charge is -2.32. The highest BCUT2D eigenvalue weighted by Crippen LogP contribution is 2.25. The predicted molar refractivity (Wildman–Crippen MR) is 78.3 cm³/mol. The second kappa shape index (κ2) is 7.54. The molecule has 0 saturated carbocycles. The van der Waals surface area contributed by atoms with Gasteiger partial charge >= 0.3 is 5.97 Å². The number of aromatic carboxylic acids is 1. The van der Waals surface area contributed by atoms with Gasteiger partial charge in [0.1, 0.15) is 11.9 Å². The van der Waals surface area contributed by atoms with Crippen LogP contribution in [0.3, 0.4) is 0 Å². The van der Waals surface area contributed by atoms with Crippen molar-refractivity contribution in [2.45, 2.75) is 38.7 Å². The number of piperidine rings is 1. The van der Waals surface area contributed by atoms with Gasteiger partial charge in [-0.05, 0) is 31.9 Å². The van der Waals surface area contributed by atoms with Crippen LogP contribution in [0.25, 0.3) is 0 Å². The zero-order valence-corrected chi connectivity index (χ0v) is 12.6. The molecule has 0 bridgehead atoms. The van der Waals surface area contributed by atoms with Gasteiger partial charge in [-0.3, -0.25) is 0 Å². The van der Waals surface area contributed by atoms with Crippen LogP contribution in [-0.2, 0) is 0 Å². The topological polar surface area (TPSA) is 49.8 Å². The van der Waals surface area contributed by atoms with Crippen LogP contribution in [0.15, 0.2) is 12.1 Å². The molecule has 1 aliphatic rings. The molecule has 0 unspecified atom stereocenters. The SMILES string of the molecule is CCCCN1CCC(Oc2cc(F)c(C(=O)O)cc2F)CC1. The Morgan fingerprint density at radius 1 is 1.32 bits per heavy atom. The molecular formula is C16H21F2NO3. The Hall–Kier alpha value is -1.69. The molecule has 0 aromatic heterocycles. The maximum absolute atomic E-state index is 13.8. The number of carboxylic acids is 1. The fraction of sp³-hybridized carbons (Fsp3) is 0.562. The molecule has 1 fully saturated rings. The van der Waals surface area contributed by atoms with Crippen LogP contribution in [-0.4, -0.2) is 41.7 Å². The first-order chi connectivity index (χ1) is 10.5. The summed E-state index contributed by atoms with van der Waals surface area (Å²) in [6.45, 7) is 4.96. The van der Waals surface area contributed by atoms with Crippen LogP contribution in [0, 0.1) is 11.6 Å². The van der Waals surface area contributed by atoms with E-state index in [1.807, 2.05) is 0 Å². The number of hydrogen-bond acceptors (Lipinski definition) is 3. The van der Waals surface area contributed by atoms with Crippen molar-refractivity contribution in [3.8, 4) is 5.75 Å². The first-order valence-electron chi connectivity index (χ1n) is 7.62. The highest BCUT2D eigenvalue weighted by molar-refractivity contribution is 5.88. The summed E-state index contributed by atoms with van der Waals surface area (Å²) < 4.78 is 32.9. The molecule has 1 aliphatic heterocycles. The van der Waals surface area contributed by atoms with E-state index < -0.39 is 23.2 Å². The van der Waals surface area contributed by atoms with Crippen molar-refractivity contribution in [2.75, 3.05) is 19.6 Å². The third kappa shape index (κ3) is 4.16. The van der Waals surface area contributed by atoms with Crippen molar-refractivity contribution < 1.29 is 23.4 Å². The summed E-state index contributed by atoms with van der Waals surface area (Å²) >= 11 is 0. The third-order valence-corrected chi connectivity index (χ3v) is 3.91. The highest BCUT2D eigenvalue weighted by atomic mass is 19.1. The zero-order valence-electron chi connectivity index (χ0n) is 12.6. The number of carboxylic acid groups (broad SMARTS) is 1. The molecule has 2 rings (SSSR count). The molecule has 0 spiro atoms. The molecular weight excluding hydrogens is 292 g/mol. The summed E-state index contributed by atoms with van der Waals surface area (Å²) in [5.74, 6) is -3.53. The van der Waals surface area contributed by atoms with E-state index in [1.54, 1.807) is 0 Å². The van der Waals surface area contributed by atoms with Gasteiger partial charge in [-0.15, -0.1) is 0 Å². The second-order valence-electron chi connectivity index (χ2n) is 5.58. The molecule has 1 saturated heterocycles. The first-order valence-corrected chi connectivity index (χ1v) is 7.62. The molecule has 1 aromatic carbocycles. The Kier molecular flexibility index (Phi) is 5.71. The average Bonchev–Trinajstić information content (AvgIpc) is 2.49. The smallest absolute Gasteiger partial charge is 0.338 e. The Bertz CT molecular complexity index is 528. The minimum absolute atomic E-state index is 0.164. The quantitative estimate of drug-likeness (QED) is 0.875. The molecule has 4 nitrogen and oxygen atoms in total. The summed E-state index contributed by atoms with van der Waals surface area (Å²) in [5, 5.41) is 8.75. The maximum atomic E-state index is 13.8. The molecule has 1 aromatic rings. The fourth-order valence-corrected chi connectivity index (χ4v) is 2.59. The van der Waals surface area contributed by atoms with E-state index in [2.05, 4.69) is 11.8 Å². The molecule has 122 valence electrons. The predicted octanol–water partition coefficient (Wildman–Crippen LogP) is 3.31. The fourth-order valence-electron chi connectivity index (χ4n) is 2.59. The van der Waals surface area contributed by atoms with E-state index in [-0.39, 0.29) is 11.9 Å². The van der Waals surface area contributed by atoms with Gasteiger partial charge in [0.15, 0.2) is 11.6 Å². The van der Waals surface area contributed by atoms with Crippen molar-refractivity contribution >= 4 is 5.97 Å². The number of carbonyl (C=O) groups is 1. The lowest BCUT2D eigenvalue weighted by atomic mass is 10.1. The number of rotatable bonds is 6. The van der Waals surface area contributed by atoms with Gasteiger partial charge in [-0.1, -0.05) is 13.3 Å². The van der Waals surface area contributed by atoms with Crippen LogP contribution in [0.4, 0.5) is 8.78 Å². The van der Waals surface area contributed by atoms with E-state index in [0.717, 1.165) is 51.4 Å². The van der Waals surface area contributed by atoms with Crippen molar-refractivity contribution in [3.63, 3.8) is 0 Å². The summed E-state index contributed by atoms with van der Waals surface area (Å²) in [5.41, 5.74) is -0.681. The van der Waals surface area contributed by atoms with Gasteiger partial charge in [0.05, 0.1) is 5.56 Å². The Labute approximate surface area is 128 Å². The van der Waals surface area contributed by atoms with E-state index >= 15 is 0 Å². The number of unbranched alkanes of at least 4 members (excludes halogenated alkanes) is 1. The molecule has 0 radical (unpaired) electrons. The summed E-state index contributed by atoms with van der Waals surface area (Å²) in [7, 11) is 0. The van der Waals surface area contributed by atoms with Gasteiger partial charge < -0.3 is 14.7 Å². The van der Waals surface area contributed by atoms with Gasteiger partial charge in [0.25, 0.3) is 0 Å². The van der Waals surface area contributed by atoms with Gasteiger partial charge in [-0.2, -0.15) is 0 Å². The molecule has 0 atom stereocenters. The van der Waals surface area contributed by atoms with Crippen molar-refractivity contribution in [1.29, 1.82) is 0 Å². The number of likely N-dealkylation sites (tertiary alicyclic amines) is 1. The Morgan fingerprint density at radius 2 is 2.00 bits per heavy atom. The lowest BCUT2D eigenvalue weighted by Crippen LogP contribution is -2.38. The van der Waals surface area contributed by atoms with E-state index in [9.17, 15) is 13.6 Å². The zero-order chi connectivity index (χ0) is 16.1. The summed E-state index contributed by atoms with van der Waals surface area (Å²) in [6, 6.07) is 1.49.